The Balaban J connectivity index is 1.42. The van der Waals surface area contributed by atoms with Crippen molar-refractivity contribution < 1.29 is 19.4 Å². The van der Waals surface area contributed by atoms with Crippen LogP contribution in [0.4, 0.5) is 10.6 Å². The zero-order chi connectivity index (χ0) is 25.2. The van der Waals surface area contributed by atoms with Gasteiger partial charge in [0, 0.05) is 31.6 Å². The van der Waals surface area contributed by atoms with Gasteiger partial charge in [-0.25, -0.2) is 19.7 Å². The average Bonchev–Trinajstić information content (AvgIpc) is 2.82. The largest absolute Gasteiger partial charge is 0.505 e. The molecule has 4 rings (SSSR count). The third-order valence-electron chi connectivity index (χ3n) is 5.28. The van der Waals surface area contributed by atoms with E-state index in [0.717, 1.165) is 0 Å². The summed E-state index contributed by atoms with van der Waals surface area (Å²) in [4.78, 5) is 45.3. The van der Waals surface area contributed by atoms with Gasteiger partial charge in [0.15, 0.2) is 11.4 Å². The molecule has 1 aliphatic heterocycles. The number of carbonyl (C=O) groups is 2. The number of aromatic hydroxyl groups is 1. The summed E-state index contributed by atoms with van der Waals surface area (Å²) in [5.41, 5.74) is 0.318. The van der Waals surface area contributed by atoms with Crippen LogP contribution in [0.1, 0.15) is 37.0 Å². The van der Waals surface area contributed by atoms with Crippen LogP contribution in [0.2, 0.25) is 5.15 Å². The number of rotatable bonds is 4. The smallest absolute Gasteiger partial charge is 0.410 e. The van der Waals surface area contributed by atoms with Crippen molar-refractivity contribution in [1.29, 1.82) is 0 Å². The lowest BCUT2D eigenvalue weighted by molar-refractivity contribution is 0.0240. The van der Waals surface area contributed by atoms with Gasteiger partial charge in [0.25, 0.3) is 5.91 Å². The van der Waals surface area contributed by atoms with E-state index in [-0.39, 0.29) is 29.2 Å². The number of amides is 2. The van der Waals surface area contributed by atoms with E-state index in [1.807, 2.05) is 25.7 Å². The Hall–Kier alpha value is -3.73. The quantitative estimate of drug-likeness (QED) is 0.555. The lowest BCUT2D eigenvalue weighted by atomic mass is 10.2. The maximum atomic E-state index is 12.6. The minimum absolute atomic E-state index is 0.106. The Bertz CT molecular complexity index is 1240. The summed E-state index contributed by atoms with van der Waals surface area (Å²) >= 11 is 5.71. The second-order valence-electron chi connectivity index (χ2n) is 9.03. The third kappa shape index (κ3) is 5.86. The molecule has 12 heteroatoms. The standard InChI is InChI=1S/C23H26ClN7O4/c1-23(2,3)35-22(34)31-8-6-30(7-9-31)18-5-4-15-16(29-18)12-27-19(20(15)32)21(33)28-11-14-10-26-17(24)13-25-14/h4-5,10,12-13,32H,6-9,11H2,1-3H3,(H,28,33). The lowest BCUT2D eigenvalue weighted by Crippen LogP contribution is -2.50. The Labute approximate surface area is 207 Å². The Morgan fingerprint density at radius 3 is 2.49 bits per heavy atom. The molecule has 1 fully saturated rings. The second kappa shape index (κ2) is 9.87. The van der Waals surface area contributed by atoms with Crippen LogP contribution in [-0.2, 0) is 11.3 Å². The fourth-order valence-corrected chi connectivity index (χ4v) is 3.65. The molecule has 0 unspecified atom stereocenters. The molecule has 184 valence electrons. The highest BCUT2D eigenvalue weighted by atomic mass is 35.5. The summed E-state index contributed by atoms with van der Waals surface area (Å²) in [6, 6.07) is 3.48. The van der Waals surface area contributed by atoms with Crippen LogP contribution in [0, 0.1) is 0 Å². The summed E-state index contributed by atoms with van der Waals surface area (Å²) in [6.07, 6.45) is 3.96. The van der Waals surface area contributed by atoms with E-state index >= 15 is 0 Å². The lowest BCUT2D eigenvalue weighted by Gasteiger charge is -2.36. The first-order valence-corrected chi connectivity index (χ1v) is 11.4. The summed E-state index contributed by atoms with van der Waals surface area (Å²) < 4.78 is 5.44. The van der Waals surface area contributed by atoms with Crippen molar-refractivity contribution in [2.24, 2.45) is 0 Å². The molecule has 3 aromatic rings. The number of halogens is 1. The molecule has 0 atom stereocenters. The molecule has 0 radical (unpaired) electrons. The van der Waals surface area contributed by atoms with Gasteiger partial charge < -0.3 is 25.0 Å². The Morgan fingerprint density at radius 2 is 1.83 bits per heavy atom. The number of aromatic nitrogens is 4. The molecule has 11 nitrogen and oxygen atoms in total. The number of ether oxygens (including phenoxy) is 1. The predicted octanol–water partition coefficient (Wildman–Crippen LogP) is 2.77. The second-order valence-corrected chi connectivity index (χ2v) is 9.41. The van der Waals surface area contributed by atoms with Crippen LogP contribution in [0.5, 0.6) is 5.75 Å². The first-order valence-electron chi connectivity index (χ1n) is 11.1. The molecule has 1 aliphatic rings. The first-order chi connectivity index (χ1) is 16.6. The van der Waals surface area contributed by atoms with E-state index < -0.39 is 11.5 Å². The molecule has 4 heterocycles. The van der Waals surface area contributed by atoms with Crippen LogP contribution in [-0.4, -0.2) is 73.7 Å². The van der Waals surface area contributed by atoms with Crippen molar-refractivity contribution in [2.75, 3.05) is 31.1 Å². The van der Waals surface area contributed by atoms with Crippen molar-refractivity contribution in [3.05, 3.63) is 47.3 Å². The number of nitrogens with zero attached hydrogens (tertiary/aromatic N) is 6. The number of hydrogen-bond acceptors (Lipinski definition) is 9. The third-order valence-corrected chi connectivity index (χ3v) is 5.47. The molecule has 2 amide bonds. The van der Waals surface area contributed by atoms with Gasteiger partial charge in [-0.1, -0.05) is 11.6 Å². The fourth-order valence-electron chi connectivity index (χ4n) is 3.55. The van der Waals surface area contributed by atoms with Gasteiger partial charge in [0.2, 0.25) is 0 Å². The number of carbonyl (C=O) groups excluding carboxylic acids is 2. The highest BCUT2D eigenvalue weighted by Crippen LogP contribution is 2.28. The summed E-state index contributed by atoms with van der Waals surface area (Å²) in [7, 11) is 0. The summed E-state index contributed by atoms with van der Waals surface area (Å²) in [5.74, 6) is -0.111. The first kappa shape index (κ1) is 24.4. The maximum Gasteiger partial charge on any atom is 0.410 e. The van der Waals surface area contributed by atoms with Gasteiger partial charge in [-0.2, -0.15) is 0 Å². The Morgan fingerprint density at radius 1 is 1.09 bits per heavy atom. The normalized spacial score (nSPS) is 14.2. The van der Waals surface area contributed by atoms with E-state index in [1.165, 1.54) is 18.6 Å². The zero-order valence-corrected chi connectivity index (χ0v) is 20.4. The van der Waals surface area contributed by atoms with Gasteiger partial charge in [-0.15, -0.1) is 0 Å². The van der Waals surface area contributed by atoms with E-state index in [4.69, 9.17) is 16.3 Å². The van der Waals surface area contributed by atoms with Crippen molar-refractivity contribution in [3.63, 3.8) is 0 Å². The highest BCUT2D eigenvalue weighted by Gasteiger charge is 2.26. The topological polar surface area (TPSA) is 134 Å². The minimum atomic E-state index is -0.552. The van der Waals surface area contributed by atoms with Crippen LogP contribution in [0.3, 0.4) is 0 Å². The van der Waals surface area contributed by atoms with Crippen LogP contribution >= 0.6 is 11.6 Å². The number of hydrogen-bond donors (Lipinski definition) is 2. The molecule has 2 N–H and O–H groups in total. The molecule has 0 spiro atoms. The highest BCUT2D eigenvalue weighted by molar-refractivity contribution is 6.29. The SMILES string of the molecule is CC(C)(C)OC(=O)N1CCN(c2ccc3c(O)c(C(=O)NCc4cnc(Cl)cn4)ncc3n2)CC1. The average molecular weight is 500 g/mol. The zero-order valence-electron chi connectivity index (χ0n) is 19.7. The maximum absolute atomic E-state index is 12.6. The molecule has 0 bridgehead atoms. The number of anilines is 1. The van der Waals surface area contributed by atoms with Gasteiger partial charge >= 0.3 is 6.09 Å². The van der Waals surface area contributed by atoms with E-state index in [9.17, 15) is 14.7 Å². The number of piperazine rings is 1. The van der Waals surface area contributed by atoms with Gasteiger partial charge in [0.05, 0.1) is 36.3 Å². The van der Waals surface area contributed by atoms with Crippen molar-refractivity contribution in [2.45, 2.75) is 32.9 Å². The molecule has 0 aliphatic carbocycles. The number of fused-ring (bicyclic) bond motifs is 1. The predicted molar refractivity (Wildman–Crippen MR) is 129 cm³/mol. The molecular weight excluding hydrogens is 474 g/mol. The van der Waals surface area contributed by atoms with Gasteiger partial charge in [-0.3, -0.25) is 9.78 Å². The monoisotopic (exact) mass is 499 g/mol. The number of pyridine rings is 2. The fraction of sp³-hybridized carbons (Fsp3) is 0.391. The summed E-state index contributed by atoms with van der Waals surface area (Å²) in [5, 5.41) is 14.0. The molecule has 0 aromatic carbocycles. The van der Waals surface area contributed by atoms with E-state index in [0.29, 0.717) is 48.6 Å². The van der Waals surface area contributed by atoms with Crippen LogP contribution < -0.4 is 10.2 Å². The van der Waals surface area contributed by atoms with E-state index in [1.54, 1.807) is 17.0 Å². The summed E-state index contributed by atoms with van der Waals surface area (Å²) in [6.45, 7) is 7.82. The van der Waals surface area contributed by atoms with Crippen molar-refractivity contribution in [3.8, 4) is 5.75 Å². The number of nitrogens with one attached hydrogen (secondary N) is 1. The van der Waals surface area contributed by atoms with Crippen molar-refractivity contribution >= 4 is 40.3 Å². The van der Waals surface area contributed by atoms with Crippen LogP contribution in [0.25, 0.3) is 10.9 Å². The molecule has 3 aromatic heterocycles. The molecular formula is C23H26ClN7O4. The van der Waals surface area contributed by atoms with Gasteiger partial charge in [-0.05, 0) is 32.9 Å². The molecule has 1 saturated heterocycles. The molecule has 35 heavy (non-hydrogen) atoms. The Kier molecular flexibility index (Phi) is 6.88. The molecule has 0 saturated carbocycles. The van der Waals surface area contributed by atoms with Crippen LogP contribution in [0.15, 0.2) is 30.7 Å². The minimum Gasteiger partial charge on any atom is -0.505 e. The van der Waals surface area contributed by atoms with Crippen molar-refractivity contribution in [1.82, 2.24) is 30.2 Å². The van der Waals surface area contributed by atoms with Gasteiger partial charge in [0.1, 0.15) is 16.6 Å². The van der Waals surface area contributed by atoms with E-state index in [2.05, 4.69) is 25.3 Å².